The van der Waals surface area contributed by atoms with Crippen LogP contribution in [-0.2, 0) is 4.79 Å². The molecule has 0 radical (unpaired) electrons. The van der Waals surface area contributed by atoms with Gasteiger partial charge in [-0.2, -0.15) is 0 Å². The number of nitrogens with zero attached hydrogens (tertiary/aromatic N) is 3. The lowest BCUT2D eigenvalue weighted by Gasteiger charge is -2.31. The minimum atomic E-state index is -0.358. The number of nitro benzene ring substituents is 1. The van der Waals surface area contributed by atoms with Crippen molar-refractivity contribution in [2.75, 3.05) is 18.0 Å². The number of hydrogen-bond acceptors (Lipinski definition) is 6. The van der Waals surface area contributed by atoms with E-state index in [1.54, 1.807) is 11.6 Å². The molecule has 7 heteroatoms. The second kappa shape index (κ2) is 5.16. The van der Waals surface area contributed by atoms with Gasteiger partial charge in [-0.05, 0) is 25.0 Å². The summed E-state index contributed by atoms with van der Waals surface area (Å²) < 4.78 is 0.822. The maximum Gasteiger partial charge on any atom is 0.319 e. The molecule has 3 rings (SSSR count). The first-order valence-electron chi connectivity index (χ1n) is 6.41. The van der Waals surface area contributed by atoms with Crippen molar-refractivity contribution in [1.82, 2.24) is 4.98 Å². The zero-order valence-corrected chi connectivity index (χ0v) is 11.5. The smallest absolute Gasteiger partial charge is 0.319 e. The monoisotopic (exact) mass is 291 g/mol. The third kappa shape index (κ3) is 2.14. The number of anilines is 1. The fourth-order valence-corrected chi connectivity index (χ4v) is 3.30. The first-order valence-corrected chi connectivity index (χ1v) is 7.29. The Morgan fingerprint density at radius 2 is 2.15 bits per heavy atom. The summed E-state index contributed by atoms with van der Waals surface area (Å²) >= 11 is 1.40. The van der Waals surface area contributed by atoms with E-state index >= 15 is 0 Å². The maximum absolute atomic E-state index is 11.4. The van der Waals surface area contributed by atoms with Gasteiger partial charge in [-0.15, -0.1) is 11.3 Å². The Kier molecular flexibility index (Phi) is 3.35. The summed E-state index contributed by atoms with van der Waals surface area (Å²) in [6, 6.07) is 3.67. The van der Waals surface area contributed by atoms with Crippen molar-refractivity contribution in [2.45, 2.75) is 12.8 Å². The summed E-state index contributed by atoms with van der Waals surface area (Å²) in [5.74, 6) is 0.0771. The van der Waals surface area contributed by atoms with Crippen molar-refractivity contribution in [3.63, 3.8) is 0 Å². The standard InChI is InChI=1S/C13H13N3O3S/c17-7-9-3-5-15(6-4-9)10-1-2-11-12(14-8-20-11)13(10)16(18)19/h1-2,7-9H,3-6H2. The van der Waals surface area contributed by atoms with Crippen LogP contribution in [0.2, 0.25) is 0 Å². The van der Waals surface area contributed by atoms with E-state index < -0.39 is 0 Å². The third-order valence-corrected chi connectivity index (χ3v) is 4.50. The predicted octanol–water partition coefficient (Wildman–Crippen LogP) is 2.62. The summed E-state index contributed by atoms with van der Waals surface area (Å²) in [4.78, 5) is 27.9. The van der Waals surface area contributed by atoms with Crippen LogP contribution in [0, 0.1) is 16.0 Å². The molecule has 0 bridgehead atoms. The predicted molar refractivity (Wildman–Crippen MR) is 77.3 cm³/mol. The van der Waals surface area contributed by atoms with Gasteiger partial charge in [0.15, 0.2) is 5.52 Å². The summed E-state index contributed by atoms with van der Waals surface area (Å²) in [5, 5.41) is 11.4. The van der Waals surface area contributed by atoms with E-state index in [1.807, 2.05) is 11.0 Å². The van der Waals surface area contributed by atoms with Crippen LogP contribution in [0.3, 0.4) is 0 Å². The Bertz CT molecular complexity index is 662. The maximum atomic E-state index is 11.4. The van der Waals surface area contributed by atoms with Crippen LogP contribution in [0.25, 0.3) is 10.2 Å². The van der Waals surface area contributed by atoms with Crippen LogP contribution in [0.1, 0.15) is 12.8 Å². The van der Waals surface area contributed by atoms with Gasteiger partial charge in [0.2, 0.25) is 0 Å². The number of thiazole rings is 1. The molecule has 1 aliphatic rings. The first kappa shape index (κ1) is 13.0. The van der Waals surface area contributed by atoms with Gasteiger partial charge in [-0.1, -0.05) is 0 Å². The number of rotatable bonds is 3. The molecular weight excluding hydrogens is 278 g/mol. The lowest BCUT2D eigenvalue weighted by molar-refractivity contribution is -0.382. The van der Waals surface area contributed by atoms with Crippen molar-refractivity contribution >= 4 is 39.2 Å². The summed E-state index contributed by atoms with van der Waals surface area (Å²) in [6.45, 7) is 1.33. The van der Waals surface area contributed by atoms with Crippen LogP contribution in [-0.4, -0.2) is 29.3 Å². The molecule has 0 atom stereocenters. The minimum absolute atomic E-state index is 0.0771. The van der Waals surface area contributed by atoms with E-state index in [2.05, 4.69) is 4.98 Å². The largest absolute Gasteiger partial charge is 0.366 e. The van der Waals surface area contributed by atoms with Crippen LogP contribution in [0.15, 0.2) is 17.6 Å². The van der Waals surface area contributed by atoms with Crippen LogP contribution in [0.4, 0.5) is 11.4 Å². The number of aldehydes is 1. The Morgan fingerprint density at radius 1 is 1.40 bits per heavy atom. The molecule has 0 aliphatic carbocycles. The Balaban J connectivity index is 2.01. The Morgan fingerprint density at radius 3 is 2.80 bits per heavy atom. The minimum Gasteiger partial charge on any atom is -0.366 e. The molecule has 104 valence electrons. The zero-order valence-electron chi connectivity index (χ0n) is 10.7. The van der Waals surface area contributed by atoms with E-state index in [0.717, 1.165) is 23.8 Å². The molecule has 2 heterocycles. The van der Waals surface area contributed by atoms with Crippen LogP contribution >= 0.6 is 11.3 Å². The number of piperidine rings is 1. The van der Waals surface area contributed by atoms with E-state index in [-0.39, 0.29) is 16.5 Å². The highest BCUT2D eigenvalue weighted by Crippen LogP contribution is 2.37. The Labute approximate surface area is 119 Å². The van der Waals surface area contributed by atoms with Crippen molar-refractivity contribution in [1.29, 1.82) is 0 Å². The van der Waals surface area contributed by atoms with E-state index in [1.165, 1.54) is 11.3 Å². The summed E-state index contributed by atoms with van der Waals surface area (Å²) in [6.07, 6.45) is 2.47. The average Bonchev–Trinajstić information content (AvgIpc) is 2.94. The second-order valence-corrected chi connectivity index (χ2v) is 5.74. The number of aromatic nitrogens is 1. The lowest BCUT2D eigenvalue weighted by Crippen LogP contribution is -2.34. The molecule has 0 amide bonds. The van der Waals surface area contributed by atoms with Gasteiger partial charge in [-0.25, -0.2) is 4.98 Å². The SMILES string of the molecule is O=CC1CCN(c2ccc3scnc3c2[N+](=O)[O-])CC1. The molecule has 0 saturated carbocycles. The van der Waals surface area contributed by atoms with Crippen molar-refractivity contribution < 1.29 is 9.72 Å². The highest BCUT2D eigenvalue weighted by atomic mass is 32.1. The molecular formula is C13H13N3O3S. The van der Waals surface area contributed by atoms with Gasteiger partial charge < -0.3 is 9.69 Å². The van der Waals surface area contributed by atoms with Crippen LogP contribution in [0.5, 0.6) is 0 Å². The topological polar surface area (TPSA) is 76.3 Å². The first-order chi connectivity index (χ1) is 9.70. The molecule has 1 aliphatic heterocycles. The second-order valence-electron chi connectivity index (χ2n) is 4.85. The number of hydrogen-bond donors (Lipinski definition) is 0. The fraction of sp³-hybridized carbons (Fsp3) is 0.385. The normalized spacial score (nSPS) is 16.5. The molecule has 20 heavy (non-hydrogen) atoms. The average molecular weight is 291 g/mol. The molecule has 0 spiro atoms. The van der Waals surface area contributed by atoms with Gasteiger partial charge in [-0.3, -0.25) is 10.1 Å². The molecule has 2 aromatic rings. The molecule has 0 N–H and O–H groups in total. The van der Waals surface area contributed by atoms with E-state index in [4.69, 9.17) is 0 Å². The number of fused-ring (bicyclic) bond motifs is 1. The molecule has 1 fully saturated rings. The lowest BCUT2D eigenvalue weighted by atomic mass is 9.98. The number of carbonyl (C=O) groups excluding carboxylic acids is 1. The molecule has 1 aromatic carbocycles. The molecule has 6 nitrogen and oxygen atoms in total. The number of benzene rings is 1. The van der Waals surface area contributed by atoms with Crippen molar-refractivity contribution in [3.05, 3.63) is 27.8 Å². The number of carbonyl (C=O) groups is 1. The van der Waals surface area contributed by atoms with Gasteiger partial charge in [0.05, 0.1) is 15.1 Å². The molecule has 1 aromatic heterocycles. The van der Waals surface area contributed by atoms with Gasteiger partial charge in [0, 0.05) is 19.0 Å². The summed E-state index contributed by atoms with van der Waals surface area (Å²) in [5.41, 5.74) is 2.76. The highest BCUT2D eigenvalue weighted by Gasteiger charge is 2.27. The van der Waals surface area contributed by atoms with E-state index in [9.17, 15) is 14.9 Å². The van der Waals surface area contributed by atoms with Crippen molar-refractivity contribution in [3.8, 4) is 0 Å². The highest BCUT2D eigenvalue weighted by molar-refractivity contribution is 7.16. The van der Waals surface area contributed by atoms with Crippen molar-refractivity contribution in [2.24, 2.45) is 5.92 Å². The van der Waals surface area contributed by atoms with Gasteiger partial charge in [0.1, 0.15) is 12.0 Å². The quantitative estimate of drug-likeness (QED) is 0.493. The summed E-state index contributed by atoms with van der Waals surface area (Å²) in [7, 11) is 0. The van der Waals surface area contributed by atoms with Gasteiger partial charge >= 0.3 is 5.69 Å². The third-order valence-electron chi connectivity index (χ3n) is 3.71. The number of nitro groups is 1. The van der Waals surface area contributed by atoms with E-state index in [0.29, 0.717) is 24.3 Å². The van der Waals surface area contributed by atoms with Crippen LogP contribution < -0.4 is 4.90 Å². The fourth-order valence-electron chi connectivity index (χ4n) is 2.62. The van der Waals surface area contributed by atoms with Gasteiger partial charge in [0.25, 0.3) is 0 Å². The molecule has 1 saturated heterocycles. The zero-order chi connectivity index (χ0) is 14.1. The molecule has 0 unspecified atom stereocenters. The Hall–Kier alpha value is -2.02.